The van der Waals surface area contributed by atoms with Crippen LogP contribution in [0.5, 0.6) is 5.75 Å². The molecule has 0 N–H and O–H groups in total. The highest BCUT2D eigenvalue weighted by Gasteiger charge is 2.14. The lowest BCUT2D eigenvalue weighted by molar-refractivity contribution is 0.271. The van der Waals surface area contributed by atoms with E-state index in [0.29, 0.717) is 29.9 Å². The Morgan fingerprint density at radius 1 is 0.958 bits per heavy atom. The Kier molecular flexibility index (Phi) is 4.35. The van der Waals surface area contributed by atoms with Gasteiger partial charge in [0.2, 0.25) is 0 Å². The number of ether oxygens (including phenoxy) is 1. The van der Waals surface area contributed by atoms with E-state index in [0.717, 1.165) is 14.2 Å². The summed E-state index contributed by atoms with van der Waals surface area (Å²) in [6.45, 7) is 0.340. The zero-order chi connectivity index (χ0) is 16.4. The van der Waals surface area contributed by atoms with Crippen LogP contribution in [0.4, 0.5) is 0 Å². The fourth-order valence-corrected chi connectivity index (χ4v) is 3.08. The first-order chi connectivity index (χ1) is 11.8. The Bertz CT molecular complexity index is 929. The van der Waals surface area contributed by atoms with E-state index in [1.807, 2.05) is 47.8 Å². The smallest absolute Gasteiger partial charge is 0.283 e. The van der Waals surface area contributed by atoms with Crippen LogP contribution in [0.25, 0.3) is 22.4 Å². The molecule has 0 aliphatic heterocycles. The zero-order valence-electron chi connectivity index (χ0n) is 12.3. The molecule has 3 aromatic heterocycles. The van der Waals surface area contributed by atoms with Gasteiger partial charge >= 0.3 is 0 Å². The van der Waals surface area contributed by atoms with Gasteiger partial charge in [0.05, 0.1) is 4.88 Å². The van der Waals surface area contributed by atoms with Gasteiger partial charge in [0.1, 0.15) is 18.1 Å². The molecule has 4 aromatic rings. The molecule has 0 saturated carbocycles. The number of rotatable bonds is 5. The SMILES string of the molecule is Ic1ccc(OCc2ccc(-c3nnc(-c4cccs4)o3)o2)cc1. The highest BCUT2D eigenvalue weighted by atomic mass is 127. The average Bonchev–Trinajstić information content (AvgIpc) is 3.33. The molecule has 3 heterocycles. The largest absolute Gasteiger partial charge is 0.486 e. The maximum Gasteiger partial charge on any atom is 0.283 e. The summed E-state index contributed by atoms with van der Waals surface area (Å²) in [6, 6.07) is 15.4. The lowest BCUT2D eigenvalue weighted by Gasteiger charge is -2.03. The molecule has 0 bridgehead atoms. The molecular formula is C17H11IN2O3S. The fraction of sp³-hybridized carbons (Fsp3) is 0.0588. The van der Waals surface area contributed by atoms with Crippen molar-refractivity contribution < 1.29 is 13.6 Å². The Morgan fingerprint density at radius 3 is 2.58 bits per heavy atom. The molecule has 0 saturated heterocycles. The number of nitrogens with zero attached hydrogens (tertiary/aromatic N) is 2. The molecule has 0 unspecified atom stereocenters. The van der Waals surface area contributed by atoms with Gasteiger partial charge in [0, 0.05) is 3.57 Å². The fourth-order valence-electron chi connectivity index (χ4n) is 2.08. The van der Waals surface area contributed by atoms with Crippen LogP contribution < -0.4 is 4.74 Å². The predicted octanol–water partition coefficient (Wildman–Crippen LogP) is 5.24. The Morgan fingerprint density at radius 2 is 1.79 bits per heavy atom. The number of aromatic nitrogens is 2. The van der Waals surface area contributed by atoms with E-state index in [2.05, 4.69) is 32.8 Å². The lowest BCUT2D eigenvalue weighted by Crippen LogP contribution is -1.93. The van der Waals surface area contributed by atoms with Gasteiger partial charge in [-0.1, -0.05) is 6.07 Å². The second-order valence-electron chi connectivity index (χ2n) is 4.90. The van der Waals surface area contributed by atoms with Crippen molar-refractivity contribution in [3.8, 4) is 28.2 Å². The van der Waals surface area contributed by atoms with Gasteiger partial charge in [-0.05, 0) is 70.4 Å². The van der Waals surface area contributed by atoms with Crippen LogP contribution in [0.2, 0.25) is 0 Å². The van der Waals surface area contributed by atoms with Crippen LogP contribution in [-0.2, 0) is 6.61 Å². The van der Waals surface area contributed by atoms with Crippen molar-refractivity contribution in [2.24, 2.45) is 0 Å². The van der Waals surface area contributed by atoms with E-state index in [1.165, 1.54) is 0 Å². The second-order valence-corrected chi connectivity index (χ2v) is 7.09. The molecule has 4 rings (SSSR count). The standard InChI is InChI=1S/C17H11IN2O3S/c18-11-3-5-12(6-4-11)21-10-13-7-8-14(22-13)16-19-20-17(23-16)15-2-1-9-24-15/h1-9H,10H2. The van der Waals surface area contributed by atoms with E-state index in [4.69, 9.17) is 13.6 Å². The summed E-state index contributed by atoms with van der Waals surface area (Å²) in [5, 5.41) is 10.1. The van der Waals surface area contributed by atoms with Gasteiger partial charge in [0.15, 0.2) is 5.76 Å². The third-order valence-corrected chi connectivity index (χ3v) is 4.80. The van der Waals surface area contributed by atoms with Crippen molar-refractivity contribution in [3.63, 3.8) is 0 Å². The van der Waals surface area contributed by atoms with Crippen molar-refractivity contribution >= 4 is 33.9 Å². The van der Waals surface area contributed by atoms with Gasteiger partial charge in [-0.15, -0.1) is 21.5 Å². The van der Waals surface area contributed by atoms with Crippen LogP contribution in [-0.4, -0.2) is 10.2 Å². The van der Waals surface area contributed by atoms with E-state index < -0.39 is 0 Å². The number of hydrogen-bond donors (Lipinski definition) is 0. The van der Waals surface area contributed by atoms with E-state index in [-0.39, 0.29) is 0 Å². The first-order valence-corrected chi connectivity index (χ1v) is 9.08. The Balaban J connectivity index is 1.45. The first-order valence-electron chi connectivity index (χ1n) is 7.13. The highest BCUT2D eigenvalue weighted by molar-refractivity contribution is 14.1. The summed E-state index contributed by atoms with van der Waals surface area (Å²) in [4.78, 5) is 0.933. The van der Waals surface area contributed by atoms with Crippen molar-refractivity contribution in [3.05, 3.63) is 63.2 Å². The molecular weight excluding hydrogens is 439 g/mol. The molecule has 0 aliphatic carbocycles. The van der Waals surface area contributed by atoms with Gasteiger partial charge in [-0.2, -0.15) is 0 Å². The molecule has 7 heteroatoms. The summed E-state index contributed by atoms with van der Waals surface area (Å²) in [5.74, 6) is 2.88. The van der Waals surface area contributed by atoms with Crippen molar-refractivity contribution in [2.75, 3.05) is 0 Å². The van der Waals surface area contributed by atoms with Crippen LogP contribution in [0, 0.1) is 3.57 Å². The number of furan rings is 1. The average molecular weight is 450 g/mol. The number of halogens is 1. The normalized spacial score (nSPS) is 10.9. The highest BCUT2D eigenvalue weighted by Crippen LogP contribution is 2.28. The topological polar surface area (TPSA) is 61.3 Å². The van der Waals surface area contributed by atoms with Gasteiger partial charge in [0.25, 0.3) is 11.8 Å². The molecule has 0 fully saturated rings. The molecule has 0 radical (unpaired) electrons. The summed E-state index contributed by atoms with van der Waals surface area (Å²) in [7, 11) is 0. The molecule has 0 aliphatic rings. The van der Waals surface area contributed by atoms with Crippen molar-refractivity contribution in [1.82, 2.24) is 10.2 Å². The van der Waals surface area contributed by atoms with Crippen molar-refractivity contribution in [1.29, 1.82) is 0 Å². The summed E-state index contributed by atoms with van der Waals surface area (Å²) >= 11 is 3.80. The monoisotopic (exact) mass is 450 g/mol. The molecule has 24 heavy (non-hydrogen) atoms. The molecule has 120 valence electrons. The maximum absolute atomic E-state index is 5.73. The molecule has 5 nitrogen and oxygen atoms in total. The zero-order valence-corrected chi connectivity index (χ0v) is 15.3. The van der Waals surface area contributed by atoms with E-state index >= 15 is 0 Å². The van der Waals surface area contributed by atoms with Crippen LogP contribution >= 0.6 is 33.9 Å². The number of benzene rings is 1. The van der Waals surface area contributed by atoms with E-state index in [9.17, 15) is 0 Å². The third kappa shape index (κ3) is 3.36. The number of thiophene rings is 1. The van der Waals surface area contributed by atoms with Gasteiger partial charge in [-0.3, -0.25) is 0 Å². The molecule has 0 atom stereocenters. The Labute approximate surface area is 155 Å². The van der Waals surface area contributed by atoms with Crippen LogP contribution in [0.1, 0.15) is 5.76 Å². The summed E-state index contributed by atoms with van der Waals surface area (Å²) in [6.07, 6.45) is 0. The number of hydrogen-bond acceptors (Lipinski definition) is 6. The minimum atomic E-state index is 0.340. The maximum atomic E-state index is 5.73. The minimum absolute atomic E-state index is 0.340. The van der Waals surface area contributed by atoms with Crippen molar-refractivity contribution in [2.45, 2.75) is 6.61 Å². The minimum Gasteiger partial charge on any atom is -0.486 e. The molecule has 0 spiro atoms. The molecule has 0 amide bonds. The van der Waals surface area contributed by atoms with Crippen LogP contribution in [0.3, 0.4) is 0 Å². The van der Waals surface area contributed by atoms with E-state index in [1.54, 1.807) is 17.4 Å². The summed E-state index contributed by atoms with van der Waals surface area (Å²) in [5.41, 5.74) is 0. The predicted molar refractivity (Wildman–Crippen MR) is 98.8 cm³/mol. The second kappa shape index (κ2) is 6.78. The van der Waals surface area contributed by atoms with Gasteiger partial charge < -0.3 is 13.6 Å². The first kappa shape index (κ1) is 15.4. The van der Waals surface area contributed by atoms with Crippen LogP contribution in [0.15, 0.2) is 62.7 Å². The van der Waals surface area contributed by atoms with Gasteiger partial charge in [-0.25, -0.2) is 0 Å². The Hall–Kier alpha value is -2.13. The lowest BCUT2D eigenvalue weighted by atomic mass is 10.3. The third-order valence-electron chi connectivity index (χ3n) is 3.22. The quantitative estimate of drug-likeness (QED) is 0.389. The summed E-state index contributed by atoms with van der Waals surface area (Å²) < 4.78 is 18.2. The molecule has 1 aromatic carbocycles.